The first-order valence-corrected chi connectivity index (χ1v) is 12.2. The highest BCUT2D eigenvalue weighted by molar-refractivity contribution is 6.04. The zero-order chi connectivity index (χ0) is 24.9. The van der Waals surface area contributed by atoms with Crippen molar-refractivity contribution in [1.29, 1.82) is 0 Å². The van der Waals surface area contributed by atoms with Gasteiger partial charge in [-0.05, 0) is 48.6 Å². The molecule has 2 aliphatic rings. The van der Waals surface area contributed by atoms with Crippen LogP contribution in [0.2, 0.25) is 0 Å². The minimum atomic E-state index is -0.526. The summed E-state index contributed by atoms with van der Waals surface area (Å²) in [4.78, 5) is 31.2. The summed E-state index contributed by atoms with van der Waals surface area (Å²) in [7, 11) is 0. The summed E-state index contributed by atoms with van der Waals surface area (Å²) in [6.07, 6.45) is 4.50. The van der Waals surface area contributed by atoms with Crippen LogP contribution in [0.25, 0.3) is 0 Å². The number of pyridine rings is 1. The molecule has 182 valence electrons. The van der Waals surface area contributed by atoms with E-state index in [4.69, 9.17) is 9.47 Å². The summed E-state index contributed by atoms with van der Waals surface area (Å²) in [5.74, 6) is -0.142. The number of rotatable bonds is 7. The fourth-order valence-electron chi connectivity index (χ4n) is 5.04. The molecular weight excluding hydrogens is 452 g/mol. The number of carbonyl (C=O) groups excluding carboxylic acids is 2. The second-order valence-corrected chi connectivity index (χ2v) is 9.01. The molecule has 6 nitrogen and oxygen atoms in total. The number of nitrogens with zero attached hydrogens (tertiary/aromatic N) is 1. The third-order valence-corrected chi connectivity index (χ3v) is 6.66. The lowest BCUT2D eigenvalue weighted by molar-refractivity contribution is -0.140. The van der Waals surface area contributed by atoms with Gasteiger partial charge < -0.3 is 14.8 Å². The molecule has 0 radical (unpaired) electrons. The van der Waals surface area contributed by atoms with Crippen LogP contribution in [0.5, 0.6) is 5.75 Å². The van der Waals surface area contributed by atoms with Crippen LogP contribution in [0.1, 0.15) is 42.7 Å². The molecule has 0 bridgehead atoms. The zero-order valence-electron chi connectivity index (χ0n) is 20.1. The van der Waals surface area contributed by atoms with Gasteiger partial charge in [0, 0.05) is 41.7 Å². The van der Waals surface area contributed by atoms with Crippen molar-refractivity contribution in [2.75, 3.05) is 13.2 Å². The molecule has 36 heavy (non-hydrogen) atoms. The summed E-state index contributed by atoms with van der Waals surface area (Å²) < 4.78 is 11.3. The van der Waals surface area contributed by atoms with E-state index in [0.29, 0.717) is 35.4 Å². The first-order valence-electron chi connectivity index (χ1n) is 12.2. The van der Waals surface area contributed by atoms with E-state index in [1.54, 1.807) is 12.4 Å². The van der Waals surface area contributed by atoms with Crippen LogP contribution in [0.15, 0.2) is 108 Å². The molecule has 2 aromatic carbocycles. The van der Waals surface area contributed by atoms with Crippen molar-refractivity contribution in [3.8, 4) is 5.75 Å². The Kier molecular flexibility index (Phi) is 6.94. The van der Waals surface area contributed by atoms with Crippen molar-refractivity contribution in [3.05, 3.63) is 119 Å². The van der Waals surface area contributed by atoms with Crippen molar-refractivity contribution in [1.82, 2.24) is 10.3 Å². The van der Waals surface area contributed by atoms with E-state index < -0.39 is 11.9 Å². The van der Waals surface area contributed by atoms with Crippen LogP contribution in [0.4, 0.5) is 0 Å². The van der Waals surface area contributed by atoms with Crippen molar-refractivity contribution in [2.24, 2.45) is 0 Å². The second-order valence-electron chi connectivity index (χ2n) is 9.01. The number of ether oxygens (including phenoxy) is 2. The normalized spacial score (nSPS) is 19.4. The van der Waals surface area contributed by atoms with Crippen LogP contribution in [-0.4, -0.2) is 30.0 Å². The topological polar surface area (TPSA) is 77.5 Å². The number of esters is 1. The average Bonchev–Trinajstić information content (AvgIpc) is 2.91. The monoisotopic (exact) mass is 480 g/mol. The van der Waals surface area contributed by atoms with Crippen molar-refractivity contribution < 1.29 is 19.1 Å². The van der Waals surface area contributed by atoms with E-state index in [0.717, 1.165) is 16.8 Å². The van der Waals surface area contributed by atoms with Crippen LogP contribution in [0, 0.1) is 0 Å². The number of hydrogen-bond acceptors (Lipinski definition) is 6. The zero-order valence-corrected chi connectivity index (χ0v) is 20.1. The third kappa shape index (κ3) is 4.93. The molecule has 6 heteroatoms. The number of ketones is 1. The highest BCUT2D eigenvalue weighted by Gasteiger charge is 2.41. The molecule has 0 saturated carbocycles. The van der Waals surface area contributed by atoms with Crippen molar-refractivity contribution in [2.45, 2.75) is 31.6 Å². The van der Waals surface area contributed by atoms with E-state index in [9.17, 15) is 9.59 Å². The average molecular weight is 481 g/mol. The van der Waals surface area contributed by atoms with Gasteiger partial charge >= 0.3 is 5.97 Å². The third-order valence-electron chi connectivity index (χ3n) is 6.66. The highest BCUT2D eigenvalue weighted by Crippen LogP contribution is 2.45. The molecule has 0 fully saturated rings. The molecule has 2 heterocycles. The number of dihydropyridines is 1. The fraction of sp³-hybridized carbons (Fsp3) is 0.233. The van der Waals surface area contributed by atoms with Crippen molar-refractivity contribution >= 4 is 11.8 Å². The first-order chi connectivity index (χ1) is 17.6. The molecule has 2 atom stereocenters. The predicted molar refractivity (Wildman–Crippen MR) is 136 cm³/mol. The molecule has 1 aliphatic heterocycles. The number of Topliss-reactive ketones (excluding diaryl/α,β-unsaturated/α-hetero) is 1. The number of aromatic nitrogens is 1. The van der Waals surface area contributed by atoms with Crippen LogP contribution in [0.3, 0.4) is 0 Å². The fourth-order valence-corrected chi connectivity index (χ4v) is 5.04. The summed E-state index contributed by atoms with van der Waals surface area (Å²) in [6, 6.07) is 23.2. The highest BCUT2D eigenvalue weighted by atomic mass is 16.6. The van der Waals surface area contributed by atoms with Gasteiger partial charge in [0.25, 0.3) is 0 Å². The Labute approximate surface area is 210 Å². The summed E-state index contributed by atoms with van der Waals surface area (Å²) in [5, 5.41) is 3.38. The Morgan fingerprint density at radius 1 is 0.944 bits per heavy atom. The van der Waals surface area contributed by atoms with E-state index in [-0.39, 0.29) is 24.9 Å². The summed E-state index contributed by atoms with van der Waals surface area (Å²) in [5.41, 5.74) is 4.57. The second kappa shape index (κ2) is 10.6. The molecule has 1 N–H and O–H groups in total. The van der Waals surface area contributed by atoms with Gasteiger partial charge in [-0.3, -0.25) is 9.78 Å². The van der Waals surface area contributed by atoms with Gasteiger partial charge in [-0.15, -0.1) is 0 Å². The number of carbonyl (C=O) groups is 2. The maximum atomic E-state index is 13.6. The molecule has 1 aromatic heterocycles. The minimum absolute atomic E-state index is 0.0386. The quantitative estimate of drug-likeness (QED) is 0.376. The largest absolute Gasteiger partial charge is 0.490 e. The lowest BCUT2D eigenvalue weighted by Gasteiger charge is -2.36. The predicted octanol–water partition coefficient (Wildman–Crippen LogP) is 5.07. The SMILES string of the molecule is CC1=C(C(=O)OCCOc2ccccc2)C(c2cccnc2)C2=C(CC(c3ccccc3)CC2=O)N1. The molecule has 1 aliphatic carbocycles. The molecule has 0 saturated heterocycles. The standard InChI is InChI=1S/C30H28N2O4/c1-20-27(30(34)36-16-15-35-24-12-6-3-7-13-24)28(22-11-8-14-31-19-22)29-25(32-20)17-23(18-26(29)33)21-9-4-2-5-10-21/h2-14,19,23,28,32H,15-18H2,1H3. The Bertz CT molecular complexity index is 1300. The first kappa shape index (κ1) is 23.5. The maximum Gasteiger partial charge on any atom is 0.336 e. The van der Waals surface area contributed by atoms with Crippen LogP contribution in [-0.2, 0) is 14.3 Å². The van der Waals surface area contributed by atoms with Gasteiger partial charge in [0.2, 0.25) is 0 Å². The van der Waals surface area contributed by atoms with Crippen LogP contribution < -0.4 is 10.1 Å². The van der Waals surface area contributed by atoms with Gasteiger partial charge in [-0.1, -0.05) is 54.6 Å². The summed E-state index contributed by atoms with van der Waals surface area (Å²) in [6.45, 7) is 2.19. The van der Waals surface area contributed by atoms with E-state index >= 15 is 0 Å². The Morgan fingerprint density at radius 3 is 2.39 bits per heavy atom. The Balaban J connectivity index is 1.39. The van der Waals surface area contributed by atoms with Gasteiger partial charge in [0.15, 0.2) is 5.78 Å². The van der Waals surface area contributed by atoms with Gasteiger partial charge in [0.1, 0.15) is 19.0 Å². The van der Waals surface area contributed by atoms with Crippen molar-refractivity contribution in [3.63, 3.8) is 0 Å². The molecule has 5 rings (SSSR count). The maximum absolute atomic E-state index is 13.6. The van der Waals surface area contributed by atoms with E-state index in [1.807, 2.05) is 67.6 Å². The number of nitrogens with one attached hydrogen (secondary N) is 1. The van der Waals surface area contributed by atoms with Gasteiger partial charge in [-0.25, -0.2) is 4.79 Å². The smallest absolute Gasteiger partial charge is 0.336 e. The Morgan fingerprint density at radius 2 is 1.67 bits per heavy atom. The number of hydrogen-bond donors (Lipinski definition) is 1. The van der Waals surface area contributed by atoms with Gasteiger partial charge in [-0.2, -0.15) is 0 Å². The van der Waals surface area contributed by atoms with E-state index in [2.05, 4.69) is 22.4 Å². The van der Waals surface area contributed by atoms with Crippen LogP contribution >= 0.6 is 0 Å². The molecule has 2 unspecified atom stereocenters. The molecule has 0 spiro atoms. The number of benzene rings is 2. The molecule has 0 amide bonds. The van der Waals surface area contributed by atoms with Gasteiger partial charge in [0.05, 0.1) is 5.57 Å². The number of allylic oxidation sites excluding steroid dienone is 3. The molecule has 3 aromatic rings. The minimum Gasteiger partial charge on any atom is -0.490 e. The van der Waals surface area contributed by atoms with E-state index in [1.165, 1.54) is 0 Å². The Hall–Kier alpha value is -4.19. The molecular formula is C30H28N2O4. The number of para-hydroxylation sites is 1. The lowest BCUT2D eigenvalue weighted by Crippen LogP contribution is -2.36. The summed E-state index contributed by atoms with van der Waals surface area (Å²) >= 11 is 0. The lowest BCUT2D eigenvalue weighted by atomic mass is 9.72.